The van der Waals surface area contributed by atoms with Crippen LogP contribution >= 0.6 is 0 Å². The molecule has 11 heavy (non-hydrogen) atoms. The molecule has 1 atom stereocenters. The lowest BCUT2D eigenvalue weighted by Gasteiger charge is -2.11. The van der Waals surface area contributed by atoms with Crippen LogP contribution in [0.1, 0.15) is 0 Å². The zero-order valence-electron chi connectivity index (χ0n) is 6.86. The second kappa shape index (κ2) is 3.81. The molecule has 60 valence electrons. The van der Waals surface area contributed by atoms with E-state index in [1.54, 1.807) is 6.34 Å². The van der Waals surface area contributed by atoms with E-state index in [4.69, 9.17) is 0 Å². The van der Waals surface area contributed by atoms with Crippen LogP contribution in [0.25, 0.3) is 0 Å². The molecule has 0 aromatic rings. The molecule has 3 nitrogen and oxygen atoms in total. The molecule has 0 saturated carbocycles. The van der Waals surface area contributed by atoms with Crippen molar-refractivity contribution in [1.29, 1.82) is 0 Å². The Morgan fingerprint density at radius 3 is 2.82 bits per heavy atom. The highest BCUT2D eigenvalue weighted by molar-refractivity contribution is 5.54. The van der Waals surface area contributed by atoms with Crippen LogP contribution < -0.4 is 5.32 Å². The molecule has 1 aliphatic rings. The largest absolute Gasteiger partial charge is 0.369 e. The van der Waals surface area contributed by atoms with Crippen molar-refractivity contribution in [1.82, 2.24) is 10.2 Å². The Hall–Kier alpha value is -1.25. The number of nitrogens with one attached hydrogen (secondary N) is 1. The average Bonchev–Trinajstić information content (AvgIpc) is 2.03. The maximum atomic E-state index is 4.23. The molecule has 3 heteroatoms. The number of hydrogen-bond donors (Lipinski definition) is 1. The van der Waals surface area contributed by atoms with Crippen LogP contribution in [0.2, 0.25) is 0 Å². The van der Waals surface area contributed by atoms with Gasteiger partial charge in [0, 0.05) is 14.1 Å². The van der Waals surface area contributed by atoms with Gasteiger partial charge in [0.15, 0.2) is 0 Å². The Morgan fingerprint density at radius 1 is 1.45 bits per heavy atom. The predicted octanol–water partition coefficient (Wildman–Crippen LogP) is 0.575. The Labute approximate surface area is 67.1 Å². The van der Waals surface area contributed by atoms with Crippen LogP contribution in [0.5, 0.6) is 0 Å². The van der Waals surface area contributed by atoms with Gasteiger partial charge in [-0.1, -0.05) is 6.08 Å². The van der Waals surface area contributed by atoms with E-state index in [0.717, 1.165) is 0 Å². The van der Waals surface area contributed by atoms with Crippen molar-refractivity contribution in [2.24, 2.45) is 4.99 Å². The van der Waals surface area contributed by atoms with Gasteiger partial charge < -0.3 is 10.2 Å². The SMILES string of the molecule is CN(C)C=NC1C=CC=CN1. The number of hydrogen-bond acceptors (Lipinski definition) is 2. The summed E-state index contributed by atoms with van der Waals surface area (Å²) in [6.45, 7) is 0. The van der Waals surface area contributed by atoms with Crippen molar-refractivity contribution >= 4 is 6.34 Å². The Bertz CT molecular complexity index is 192. The number of dihydropyridines is 1. The molecule has 0 aromatic carbocycles. The Morgan fingerprint density at radius 2 is 2.27 bits per heavy atom. The van der Waals surface area contributed by atoms with Crippen molar-refractivity contribution in [2.45, 2.75) is 6.17 Å². The predicted molar refractivity (Wildman–Crippen MR) is 47.4 cm³/mol. The number of rotatable bonds is 2. The Balaban J connectivity index is 2.38. The maximum Gasteiger partial charge on any atom is 0.139 e. The third-order valence-corrected chi connectivity index (χ3v) is 1.23. The third kappa shape index (κ3) is 2.89. The molecule has 0 amide bonds. The van der Waals surface area contributed by atoms with Gasteiger partial charge in [0.05, 0.1) is 6.34 Å². The summed E-state index contributed by atoms with van der Waals surface area (Å²) in [6.07, 6.45) is 9.71. The van der Waals surface area contributed by atoms with Gasteiger partial charge in [-0.25, -0.2) is 4.99 Å². The smallest absolute Gasteiger partial charge is 0.139 e. The normalized spacial score (nSPS) is 22.2. The fourth-order valence-electron chi connectivity index (χ4n) is 0.733. The quantitative estimate of drug-likeness (QED) is 0.461. The fraction of sp³-hybridized carbons (Fsp3) is 0.375. The van der Waals surface area contributed by atoms with Crippen LogP contribution in [-0.4, -0.2) is 31.5 Å². The van der Waals surface area contributed by atoms with E-state index < -0.39 is 0 Å². The molecule has 0 aromatic heterocycles. The van der Waals surface area contributed by atoms with Gasteiger partial charge in [0.2, 0.25) is 0 Å². The first-order valence-corrected chi connectivity index (χ1v) is 3.58. The van der Waals surface area contributed by atoms with Crippen LogP contribution in [0, 0.1) is 0 Å². The van der Waals surface area contributed by atoms with E-state index in [-0.39, 0.29) is 6.17 Å². The summed E-state index contributed by atoms with van der Waals surface area (Å²) in [5.41, 5.74) is 0. The minimum Gasteiger partial charge on any atom is -0.369 e. The van der Waals surface area contributed by atoms with E-state index in [2.05, 4.69) is 10.3 Å². The zero-order valence-corrected chi connectivity index (χ0v) is 6.86. The second-order valence-electron chi connectivity index (χ2n) is 2.58. The zero-order chi connectivity index (χ0) is 8.10. The number of nitrogens with zero attached hydrogens (tertiary/aromatic N) is 2. The van der Waals surface area contributed by atoms with E-state index in [9.17, 15) is 0 Å². The summed E-state index contributed by atoms with van der Waals surface area (Å²) in [4.78, 5) is 6.14. The minimum atomic E-state index is 0.0994. The van der Waals surface area contributed by atoms with Gasteiger partial charge >= 0.3 is 0 Å². The molecule has 0 saturated heterocycles. The fourth-order valence-corrected chi connectivity index (χ4v) is 0.733. The first kappa shape index (κ1) is 7.85. The topological polar surface area (TPSA) is 27.6 Å². The van der Waals surface area contributed by atoms with E-state index >= 15 is 0 Å². The summed E-state index contributed by atoms with van der Waals surface area (Å²) < 4.78 is 0. The van der Waals surface area contributed by atoms with Crippen LogP contribution in [0.3, 0.4) is 0 Å². The molecule has 0 radical (unpaired) electrons. The second-order valence-corrected chi connectivity index (χ2v) is 2.58. The van der Waals surface area contributed by atoms with Crippen molar-refractivity contribution in [3.63, 3.8) is 0 Å². The highest BCUT2D eigenvalue weighted by Gasteiger charge is 1.97. The minimum absolute atomic E-state index is 0.0994. The third-order valence-electron chi connectivity index (χ3n) is 1.23. The molecule has 1 heterocycles. The highest BCUT2D eigenvalue weighted by atomic mass is 15.1. The lowest BCUT2D eigenvalue weighted by atomic mass is 10.3. The molecule has 1 rings (SSSR count). The standard InChI is InChI=1S/C8H13N3/c1-11(2)7-10-8-5-3-4-6-9-8/h3-9H,1-2H3. The van der Waals surface area contributed by atoms with Gasteiger partial charge in [-0.3, -0.25) is 0 Å². The van der Waals surface area contributed by atoms with Crippen molar-refractivity contribution in [3.05, 3.63) is 24.4 Å². The van der Waals surface area contributed by atoms with E-state index in [1.807, 2.05) is 43.4 Å². The van der Waals surface area contributed by atoms with Crippen LogP contribution in [0.15, 0.2) is 29.4 Å². The lowest BCUT2D eigenvalue weighted by molar-refractivity contribution is 0.624. The number of allylic oxidation sites excluding steroid dienone is 2. The Kier molecular flexibility index (Phi) is 2.72. The molecule has 0 spiro atoms. The number of aliphatic imine (C=N–C) groups is 1. The summed E-state index contributed by atoms with van der Waals surface area (Å²) in [7, 11) is 3.90. The summed E-state index contributed by atoms with van der Waals surface area (Å²) in [5.74, 6) is 0. The van der Waals surface area contributed by atoms with Gasteiger partial charge in [-0.05, 0) is 18.4 Å². The van der Waals surface area contributed by atoms with Crippen LogP contribution in [-0.2, 0) is 0 Å². The first-order valence-electron chi connectivity index (χ1n) is 3.58. The van der Waals surface area contributed by atoms with Crippen LogP contribution in [0.4, 0.5) is 0 Å². The average molecular weight is 151 g/mol. The van der Waals surface area contributed by atoms with Crippen molar-refractivity contribution < 1.29 is 0 Å². The van der Waals surface area contributed by atoms with Gasteiger partial charge in [0.25, 0.3) is 0 Å². The van der Waals surface area contributed by atoms with Crippen molar-refractivity contribution in [2.75, 3.05) is 14.1 Å². The maximum absolute atomic E-state index is 4.23. The monoisotopic (exact) mass is 151 g/mol. The molecule has 0 bridgehead atoms. The first-order chi connectivity index (χ1) is 5.29. The van der Waals surface area contributed by atoms with Crippen molar-refractivity contribution in [3.8, 4) is 0 Å². The summed E-state index contributed by atoms with van der Waals surface area (Å²) in [6, 6.07) is 0. The molecule has 1 aliphatic heterocycles. The molecule has 0 aliphatic carbocycles. The molecule has 0 fully saturated rings. The molecular weight excluding hydrogens is 138 g/mol. The molecule has 1 unspecified atom stereocenters. The molecular formula is C8H13N3. The molecule has 1 N–H and O–H groups in total. The van der Waals surface area contributed by atoms with E-state index in [1.165, 1.54) is 0 Å². The van der Waals surface area contributed by atoms with Gasteiger partial charge in [0.1, 0.15) is 6.17 Å². The van der Waals surface area contributed by atoms with Gasteiger partial charge in [-0.15, -0.1) is 0 Å². The summed E-state index contributed by atoms with van der Waals surface area (Å²) >= 11 is 0. The van der Waals surface area contributed by atoms with Gasteiger partial charge in [-0.2, -0.15) is 0 Å². The summed E-state index contributed by atoms with van der Waals surface area (Å²) in [5, 5.41) is 3.08. The van der Waals surface area contributed by atoms with E-state index in [0.29, 0.717) is 0 Å². The highest BCUT2D eigenvalue weighted by Crippen LogP contribution is 1.94. The lowest BCUT2D eigenvalue weighted by Crippen LogP contribution is -2.23.